The van der Waals surface area contributed by atoms with Crippen LogP contribution in [0.15, 0.2) is 60.8 Å². The van der Waals surface area contributed by atoms with Gasteiger partial charge < -0.3 is 14.2 Å². The molecule has 3 aromatic rings. The van der Waals surface area contributed by atoms with Crippen LogP contribution in [-0.4, -0.2) is 34.6 Å². The Morgan fingerprint density at radius 1 is 1.08 bits per heavy atom. The van der Waals surface area contributed by atoms with E-state index >= 15 is 0 Å². The number of ether oxygens (including phenoxy) is 1. The molecule has 1 aromatic heterocycles. The molecule has 2 aromatic carbocycles. The van der Waals surface area contributed by atoms with Crippen molar-refractivity contribution in [2.24, 2.45) is 0 Å². The number of fused-ring (bicyclic) bond motifs is 1. The van der Waals surface area contributed by atoms with Crippen LogP contribution in [0.1, 0.15) is 35.9 Å². The topological polar surface area (TPSA) is 34.5 Å². The molecular formula is C22H24N2O2. The molecule has 1 fully saturated rings. The zero-order chi connectivity index (χ0) is 18.1. The first-order chi connectivity index (χ1) is 12.7. The lowest BCUT2D eigenvalue weighted by molar-refractivity contribution is -0.0691. The van der Waals surface area contributed by atoms with Crippen molar-refractivity contribution in [1.29, 1.82) is 0 Å². The molecule has 0 spiro atoms. The van der Waals surface area contributed by atoms with Gasteiger partial charge in [0.2, 0.25) is 0 Å². The van der Waals surface area contributed by atoms with Crippen molar-refractivity contribution in [3.63, 3.8) is 0 Å². The zero-order valence-electron chi connectivity index (χ0n) is 15.3. The molecule has 26 heavy (non-hydrogen) atoms. The molecule has 1 aliphatic heterocycles. The van der Waals surface area contributed by atoms with Crippen LogP contribution in [0.4, 0.5) is 0 Å². The first-order valence-corrected chi connectivity index (χ1v) is 9.25. The molecule has 0 N–H and O–H groups in total. The summed E-state index contributed by atoms with van der Waals surface area (Å²) < 4.78 is 8.24. The fraction of sp³-hybridized carbons (Fsp3) is 0.318. The third-order valence-electron chi connectivity index (χ3n) is 5.08. The number of benzene rings is 2. The number of nitrogens with zero attached hydrogens (tertiary/aromatic N) is 2. The largest absolute Gasteiger partial charge is 0.367 e. The number of hydrogen-bond acceptors (Lipinski definition) is 2. The lowest BCUT2D eigenvalue weighted by Crippen LogP contribution is -2.45. The maximum absolute atomic E-state index is 13.3. The standard InChI is InChI=1S/C22H24N2O2/c1-3-23-14-19(18-11-7-8-12-20(18)23)22(25)24-13-16(2)26-21(15-24)17-9-5-4-6-10-17/h4-12,14,16,21H,3,13,15H2,1-2H3/t16-,21+/m1/s1. The Hall–Kier alpha value is -2.59. The number of carbonyl (C=O) groups is 1. The Bertz CT molecular complexity index is 916. The van der Waals surface area contributed by atoms with Gasteiger partial charge in [-0.15, -0.1) is 0 Å². The van der Waals surface area contributed by atoms with Crippen LogP contribution in [0.5, 0.6) is 0 Å². The minimum absolute atomic E-state index is 0.0115. The fourth-order valence-corrected chi connectivity index (χ4v) is 3.82. The predicted molar refractivity (Wildman–Crippen MR) is 103 cm³/mol. The van der Waals surface area contributed by atoms with E-state index in [1.165, 1.54) is 0 Å². The predicted octanol–water partition coefficient (Wildman–Crippen LogP) is 4.26. The Kier molecular flexibility index (Phi) is 4.51. The van der Waals surface area contributed by atoms with E-state index in [0.29, 0.717) is 13.1 Å². The van der Waals surface area contributed by atoms with Crippen molar-refractivity contribution in [3.05, 3.63) is 71.9 Å². The highest BCUT2D eigenvalue weighted by atomic mass is 16.5. The average Bonchev–Trinajstić information content (AvgIpc) is 3.06. The molecular weight excluding hydrogens is 324 g/mol. The summed E-state index contributed by atoms with van der Waals surface area (Å²) in [6.45, 7) is 6.18. The highest BCUT2D eigenvalue weighted by Gasteiger charge is 2.31. The summed E-state index contributed by atoms with van der Waals surface area (Å²) in [6.07, 6.45) is 1.92. The lowest BCUT2D eigenvalue weighted by atomic mass is 10.1. The van der Waals surface area contributed by atoms with E-state index in [0.717, 1.165) is 28.6 Å². The van der Waals surface area contributed by atoms with Gasteiger partial charge in [0.15, 0.2) is 0 Å². The summed E-state index contributed by atoms with van der Waals surface area (Å²) in [5, 5.41) is 1.02. The molecule has 0 aliphatic carbocycles. The molecule has 1 amide bonds. The monoisotopic (exact) mass is 348 g/mol. The molecule has 1 saturated heterocycles. The number of hydrogen-bond donors (Lipinski definition) is 0. The van der Waals surface area contributed by atoms with Gasteiger partial charge in [0.05, 0.1) is 18.2 Å². The molecule has 134 valence electrons. The van der Waals surface area contributed by atoms with E-state index in [4.69, 9.17) is 4.74 Å². The SMILES string of the molecule is CCn1cc(C(=O)N2C[C@@H](C)O[C@H](c3ccccc3)C2)c2ccccc21. The van der Waals surface area contributed by atoms with Crippen LogP contribution in [0, 0.1) is 0 Å². The Morgan fingerprint density at radius 3 is 2.58 bits per heavy atom. The number of amides is 1. The van der Waals surface area contributed by atoms with E-state index < -0.39 is 0 Å². The second-order valence-corrected chi connectivity index (χ2v) is 6.90. The van der Waals surface area contributed by atoms with Gasteiger partial charge in [-0.1, -0.05) is 48.5 Å². The molecule has 0 saturated carbocycles. The zero-order valence-corrected chi connectivity index (χ0v) is 15.3. The maximum Gasteiger partial charge on any atom is 0.256 e. The fourth-order valence-electron chi connectivity index (χ4n) is 3.82. The minimum atomic E-state index is -0.0802. The van der Waals surface area contributed by atoms with Crippen molar-refractivity contribution in [1.82, 2.24) is 9.47 Å². The van der Waals surface area contributed by atoms with Crippen LogP contribution < -0.4 is 0 Å². The van der Waals surface area contributed by atoms with Gasteiger partial charge >= 0.3 is 0 Å². The van der Waals surface area contributed by atoms with Gasteiger partial charge in [-0.25, -0.2) is 0 Å². The van der Waals surface area contributed by atoms with E-state index in [9.17, 15) is 4.79 Å². The van der Waals surface area contributed by atoms with E-state index in [1.807, 2.05) is 54.4 Å². The van der Waals surface area contributed by atoms with Crippen molar-refractivity contribution in [2.45, 2.75) is 32.6 Å². The first-order valence-electron chi connectivity index (χ1n) is 9.25. The quantitative estimate of drug-likeness (QED) is 0.709. The summed E-state index contributed by atoms with van der Waals surface area (Å²) in [5.74, 6) is 0.0875. The van der Waals surface area contributed by atoms with Crippen LogP contribution >= 0.6 is 0 Å². The van der Waals surface area contributed by atoms with Gasteiger partial charge in [-0.05, 0) is 25.5 Å². The number of aryl methyl sites for hydroxylation is 1. The van der Waals surface area contributed by atoms with Gasteiger partial charge in [0.25, 0.3) is 5.91 Å². The maximum atomic E-state index is 13.3. The molecule has 0 radical (unpaired) electrons. The van der Waals surface area contributed by atoms with E-state index in [2.05, 4.69) is 29.7 Å². The molecule has 0 unspecified atom stereocenters. The van der Waals surface area contributed by atoms with Crippen molar-refractivity contribution in [3.8, 4) is 0 Å². The Balaban J connectivity index is 1.66. The summed E-state index contributed by atoms with van der Waals surface area (Å²) in [6, 6.07) is 18.3. The van der Waals surface area contributed by atoms with Gasteiger partial charge in [0.1, 0.15) is 6.10 Å². The Morgan fingerprint density at radius 2 is 1.81 bits per heavy atom. The van der Waals surface area contributed by atoms with E-state index in [1.54, 1.807) is 0 Å². The van der Waals surface area contributed by atoms with Crippen LogP contribution in [0.2, 0.25) is 0 Å². The van der Waals surface area contributed by atoms with Crippen molar-refractivity contribution >= 4 is 16.8 Å². The molecule has 4 nitrogen and oxygen atoms in total. The second-order valence-electron chi connectivity index (χ2n) is 6.90. The van der Waals surface area contributed by atoms with Crippen molar-refractivity contribution in [2.75, 3.05) is 13.1 Å². The number of para-hydroxylation sites is 1. The molecule has 4 rings (SSSR count). The van der Waals surface area contributed by atoms with Crippen molar-refractivity contribution < 1.29 is 9.53 Å². The van der Waals surface area contributed by atoms with Crippen LogP contribution in [0.3, 0.4) is 0 Å². The smallest absolute Gasteiger partial charge is 0.256 e. The Labute approximate surface area is 154 Å². The number of aromatic nitrogens is 1. The van der Waals surface area contributed by atoms with Crippen LogP contribution in [0.25, 0.3) is 10.9 Å². The van der Waals surface area contributed by atoms with Gasteiger partial charge in [0, 0.05) is 30.2 Å². The van der Waals surface area contributed by atoms with Crippen LogP contribution in [-0.2, 0) is 11.3 Å². The second kappa shape index (κ2) is 6.96. The number of carbonyl (C=O) groups excluding carboxylic acids is 1. The van der Waals surface area contributed by atoms with Gasteiger partial charge in [-0.3, -0.25) is 4.79 Å². The summed E-state index contributed by atoms with van der Waals surface area (Å²) in [4.78, 5) is 15.3. The molecule has 2 heterocycles. The third kappa shape index (κ3) is 3.01. The lowest BCUT2D eigenvalue weighted by Gasteiger charge is -2.37. The summed E-state index contributed by atoms with van der Waals surface area (Å²) in [7, 11) is 0. The highest BCUT2D eigenvalue weighted by Crippen LogP contribution is 2.28. The molecule has 2 atom stereocenters. The summed E-state index contributed by atoms with van der Waals surface area (Å²) in [5.41, 5.74) is 3.01. The number of morpholine rings is 1. The van der Waals surface area contributed by atoms with E-state index in [-0.39, 0.29) is 18.1 Å². The number of rotatable bonds is 3. The highest BCUT2D eigenvalue weighted by molar-refractivity contribution is 6.07. The first kappa shape index (κ1) is 16.9. The summed E-state index contributed by atoms with van der Waals surface area (Å²) >= 11 is 0. The average molecular weight is 348 g/mol. The minimum Gasteiger partial charge on any atom is -0.367 e. The third-order valence-corrected chi connectivity index (χ3v) is 5.08. The van der Waals surface area contributed by atoms with Gasteiger partial charge in [-0.2, -0.15) is 0 Å². The molecule has 4 heteroatoms. The molecule has 1 aliphatic rings. The molecule has 0 bridgehead atoms. The normalized spacial score (nSPS) is 20.5.